The summed E-state index contributed by atoms with van der Waals surface area (Å²) in [7, 11) is -1.42. The van der Waals surface area contributed by atoms with E-state index >= 15 is 0 Å². The lowest BCUT2D eigenvalue weighted by Gasteiger charge is -2.31. The van der Waals surface area contributed by atoms with E-state index in [-0.39, 0.29) is 12.4 Å². The van der Waals surface area contributed by atoms with E-state index in [0.29, 0.717) is 23.9 Å². The van der Waals surface area contributed by atoms with E-state index in [1.807, 2.05) is 37.4 Å². The van der Waals surface area contributed by atoms with Crippen LogP contribution in [0.15, 0.2) is 47.4 Å². The minimum absolute atomic E-state index is 0. The molecule has 0 radical (unpaired) electrons. The highest BCUT2D eigenvalue weighted by atomic mass is 35.5. The van der Waals surface area contributed by atoms with E-state index in [4.69, 9.17) is 0 Å². The lowest BCUT2D eigenvalue weighted by Crippen LogP contribution is -2.38. The van der Waals surface area contributed by atoms with Crippen LogP contribution in [0.3, 0.4) is 0 Å². The first-order chi connectivity index (χ1) is 11.1. The molecule has 1 aliphatic rings. The van der Waals surface area contributed by atoms with Crippen LogP contribution >= 0.6 is 12.4 Å². The molecule has 0 atom stereocenters. The molecular formula is C18H25ClN2O2S. The van der Waals surface area contributed by atoms with Gasteiger partial charge in [0, 0.05) is 13.1 Å². The first-order valence-corrected chi connectivity index (χ1v) is 9.69. The average molecular weight is 369 g/mol. The number of piperidine rings is 1. The number of nitrogens with zero attached hydrogens (tertiary/aromatic N) is 1. The Morgan fingerprint density at radius 2 is 1.75 bits per heavy atom. The molecular weight excluding hydrogens is 344 g/mol. The summed E-state index contributed by atoms with van der Waals surface area (Å²) in [4.78, 5) is 0.407. The fraction of sp³-hybridized carbons (Fsp3) is 0.444. The molecule has 1 saturated heterocycles. The molecule has 1 fully saturated rings. The Balaban J connectivity index is 0.00000208. The SMILES string of the molecule is CNCCC1CCN(S(=O)(=O)c2ccc3ccccc3c2)CC1.Cl. The number of sulfonamides is 1. The Kier molecular flexibility index (Phi) is 6.63. The summed E-state index contributed by atoms with van der Waals surface area (Å²) in [5, 5.41) is 5.20. The molecule has 0 unspecified atom stereocenters. The summed E-state index contributed by atoms with van der Waals surface area (Å²) < 4.78 is 27.4. The largest absolute Gasteiger partial charge is 0.320 e. The standard InChI is InChI=1S/C18H24N2O2S.ClH/c1-19-11-8-15-9-12-20(13-10-15)23(21,22)18-7-6-16-4-2-3-5-17(16)14-18;/h2-7,14-15,19H,8-13H2,1H3;1H. The van der Waals surface area contributed by atoms with E-state index in [0.717, 1.165) is 36.6 Å². The third-order valence-corrected chi connectivity index (χ3v) is 6.63. The van der Waals surface area contributed by atoms with Crippen LogP contribution < -0.4 is 5.32 Å². The van der Waals surface area contributed by atoms with Gasteiger partial charge in [-0.2, -0.15) is 4.31 Å². The van der Waals surface area contributed by atoms with Crippen molar-refractivity contribution in [3.8, 4) is 0 Å². The van der Waals surface area contributed by atoms with Crippen molar-refractivity contribution < 1.29 is 8.42 Å². The number of benzene rings is 2. The normalized spacial score (nSPS) is 16.9. The van der Waals surface area contributed by atoms with Crippen LogP contribution in [0, 0.1) is 5.92 Å². The smallest absolute Gasteiger partial charge is 0.243 e. The van der Waals surface area contributed by atoms with Crippen LogP contribution in [-0.4, -0.2) is 39.4 Å². The van der Waals surface area contributed by atoms with E-state index < -0.39 is 10.0 Å². The first kappa shape index (κ1) is 19.2. The van der Waals surface area contributed by atoms with Gasteiger partial charge in [0.15, 0.2) is 0 Å². The van der Waals surface area contributed by atoms with Gasteiger partial charge in [-0.15, -0.1) is 12.4 Å². The van der Waals surface area contributed by atoms with Crippen LogP contribution in [0.2, 0.25) is 0 Å². The summed E-state index contributed by atoms with van der Waals surface area (Å²) in [5.74, 6) is 0.630. The van der Waals surface area contributed by atoms with Crippen molar-refractivity contribution in [1.29, 1.82) is 0 Å². The van der Waals surface area contributed by atoms with Crippen molar-refractivity contribution >= 4 is 33.2 Å². The predicted octanol–water partition coefficient (Wildman–Crippen LogP) is 3.27. The van der Waals surface area contributed by atoms with Crippen LogP contribution in [0.5, 0.6) is 0 Å². The zero-order valence-corrected chi connectivity index (χ0v) is 15.6. The minimum Gasteiger partial charge on any atom is -0.320 e. The number of fused-ring (bicyclic) bond motifs is 1. The van der Waals surface area contributed by atoms with Crippen LogP contribution in [-0.2, 0) is 10.0 Å². The molecule has 0 spiro atoms. The Morgan fingerprint density at radius 1 is 1.08 bits per heavy atom. The summed E-state index contributed by atoms with van der Waals surface area (Å²) in [6.45, 7) is 2.26. The van der Waals surface area contributed by atoms with Crippen LogP contribution in [0.25, 0.3) is 10.8 Å². The van der Waals surface area contributed by atoms with Gasteiger partial charge < -0.3 is 5.32 Å². The van der Waals surface area contributed by atoms with Gasteiger partial charge >= 0.3 is 0 Å². The number of hydrogen-bond acceptors (Lipinski definition) is 3. The highest BCUT2D eigenvalue weighted by Crippen LogP contribution is 2.27. The molecule has 0 saturated carbocycles. The molecule has 2 aromatic rings. The van der Waals surface area contributed by atoms with Crippen molar-refractivity contribution in [3.63, 3.8) is 0 Å². The lowest BCUT2D eigenvalue weighted by atomic mass is 9.95. The van der Waals surface area contributed by atoms with Gasteiger partial charge in [0.25, 0.3) is 0 Å². The van der Waals surface area contributed by atoms with Gasteiger partial charge in [0.05, 0.1) is 4.90 Å². The predicted molar refractivity (Wildman–Crippen MR) is 101 cm³/mol. The molecule has 1 heterocycles. The maximum Gasteiger partial charge on any atom is 0.243 e. The van der Waals surface area contributed by atoms with Crippen molar-refractivity contribution in [2.75, 3.05) is 26.7 Å². The summed E-state index contributed by atoms with van der Waals surface area (Å²) in [6.07, 6.45) is 3.03. The maximum atomic E-state index is 12.9. The highest BCUT2D eigenvalue weighted by molar-refractivity contribution is 7.89. The zero-order valence-electron chi connectivity index (χ0n) is 13.9. The van der Waals surface area contributed by atoms with Crippen molar-refractivity contribution in [3.05, 3.63) is 42.5 Å². The fourth-order valence-corrected chi connectivity index (χ4v) is 4.77. The van der Waals surface area contributed by atoms with E-state index in [1.54, 1.807) is 16.4 Å². The molecule has 0 amide bonds. The second kappa shape index (κ2) is 8.30. The molecule has 24 heavy (non-hydrogen) atoms. The van der Waals surface area contributed by atoms with Crippen LogP contribution in [0.4, 0.5) is 0 Å². The van der Waals surface area contributed by atoms with Gasteiger partial charge in [-0.25, -0.2) is 8.42 Å². The minimum atomic E-state index is -3.38. The van der Waals surface area contributed by atoms with Gasteiger partial charge in [0.1, 0.15) is 0 Å². The number of nitrogens with one attached hydrogen (secondary N) is 1. The second-order valence-electron chi connectivity index (χ2n) is 6.25. The third kappa shape index (κ3) is 4.09. The molecule has 0 aliphatic carbocycles. The summed E-state index contributed by atoms with van der Waals surface area (Å²) >= 11 is 0. The average Bonchev–Trinajstić information content (AvgIpc) is 2.60. The number of hydrogen-bond donors (Lipinski definition) is 1. The zero-order chi connectivity index (χ0) is 16.3. The first-order valence-electron chi connectivity index (χ1n) is 8.25. The van der Waals surface area contributed by atoms with E-state index in [9.17, 15) is 8.42 Å². The van der Waals surface area contributed by atoms with Crippen LogP contribution in [0.1, 0.15) is 19.3 Å². The molecule has 6 heteroatoms. The van der Waals surface area contributed by atoms with E-state index in [2.05, 4.69) is 5.32 Å². The monoisotopic (exact) mass is 368 g/mol. The van der Waals surface area contributed by atoms with Crippen molar-refractivity contribution in [2.24, 2.45) is 5.92 Å². The number of halogens is 1. The van der Waals surface area contributed by atoms with Crippen molar-refractivity contribution in [2.45, 2.75) is 24.2 Å². The van der Waals surface area contributed by atoms with Gasteiger partial charge in [-0.1, -0.05) is 30.3 Å². The van der Waals surface area contributed by atoms with Gasteiger partial charge in [0.2, 0.25) is 10.0 Å². The molecule has 3 rings (SSSR count). The molecule has 132 valence electrons. The molecule has 0 aromatic heterocycles. The van der Waals surface area contributed by atoms with Gasteiger partial charge in [-0.3, -0.25) is 0 Å². The highest BCUT2D eigenvalue weighted by Gasteiger charge is 2.29. The number of rotatable bonds is 5. The molecule has 4 nitrogen and oxygen atoms in total. The third-order valence-electron chi connectivity index (χ3n) is 4.73. The quantitative estimate of drug-likeness (QED) is 0.881. The molecule has 0 bridgehead atoms. The molecule has 1 N–H and O–H groups in total. The summed E-state index contributed by atoms with van der Waals surface area (Å²) in [5.41, 5.74) is 0. The lowest BCUT2D eigenvalue weighted by molar-refractivity contribution is 0.263. The maximum absolute atomic E-state index is 12.9. The summed E-state index contributed by atoms with van der Waals surface area (Å²) in [6, 6.07) is 13.3. The fourth-order valence-electron chi connectivity index (χ4n) is 3.26. The molecule has 1 aliphatic heterocycles. The Morgan fingerprint density at radius 3 is 2.42 bits per heavy atom. The van der Waals surface area contributed by atoms with Gasteiger partial charge in [-0.05, 0) is 61.7 Å². The Labute approximate surface area is 150 Å². The molecule has 2 aromatic carbocycles. The Hall–Kier alpha value is -1.14. The topological polar surface area (TPSA) is 49.4 Å². The van der Waals surface area contributed by atoms with E-state index in [1.165, 1.54) is 0 Å². The Bertz CT molecular complexity index is 771. The van der Waals surface area contributed by atoms with Crippen molar-refractivity contribution in [1.82, 2.24) is 9.62 Å². The second-order valence-corrected chi connectivity index (χ2v) is 8.19.